The third-order valence-corrected chi connectivity index (χ3v) is 5.75. The number of ether oxygens (including phenoxy) is 1. The van der Waals surface area contributed by atoms with Crippen LogP contribution in [0, 0.1) is 0 Å². The first-order valence-electron chi connectivity index (χ1n) is 7.79. The summed E-state index contributed by atoms with van der Waals surface area (Å²) in [6.07, 6.45) is 6.03. The lowest BCUT2D eigenvalue weighted by Gasteiger charge is -2.27. The summed E-state index contributed by atoms with van der Waals surface area (Å²) in [7, 11) is 0. The van der Waals surface area contributed by atoms with Crippen molar-refractivity contribution in [3.05, 3.63) is 50.5 Å². The van der Waals surface area contributed by atoms with Crippen LogP contribution in [0.3, 0.4) is 0 Å². The molecular formula is C19H14Br2O3. The first-order chi connectivity index (χ1) is 11.6. The normalized spacial score (nSPS) is 18.8. The second kappa shape index (κ2) is 6.12. The van der Waals surface area contributed by atoms with Crippen molar-refractivity contribution in [2.45, 2.75) is 19.3 Å². The Balaban J connectivity index is 1.84. The Kier molecular flexibility index (Phi) is 4.09. The maximum atomic E-state index is 12.7. The van der Waals surface area contributed by atoms with Gasteiger partial charge in [0.25, 0.3) is 0 Å². The van der Waals surface area contributed by atoms with Crippen molar-refractivity contribution in [3.8, 4) is 5.75 Å². The van der Waals surface area contributed by atoms with Crippen LogP contribution in [0.5, 0.6) is 5.75 Å². The van der Waals surface area contributed by atoms with Crippen LogP contribution in [-0.2, 0) is 16.0 Å². The Labute approximate surface area is 156 Å². The smallest absolute Gasteiger partial charge is 0.169 e. The molecular weight excluding hydrogens is 436 g/mol. The van der Waals surface area contributed by atoms with E-state index in [0.29, 0.717) is 12.2 Å². The summed E-state index contributed by atoms with van der Waals surface area (Å²) in [6.45, 7) is 0.330. The van der Waals surface area contributed by atoms with Crippen LogP contribution in [-0.4, -0.2) is 23.5 Å². The van der Waals surface area contributed by atoms with E-state index >= 15 is 0 Å². The van der Waals surface area contributed by atoms with Gasteiger partial charge in [-0.25, -0.2) is 0 Å². The number of benzene rings is 1. The summed E-state index contributed by atoms with van der Waals surface area (Å²) in [4.78, 5) is 24.6. The lowest BCUT2D eigenvalue weighted by molar-refractivity contribution is -0.117. The number of hydrogen-bond donors (Lipinski definition) is 0. The average molecular weight is 450 g/mol. The Bertz CT molecular complexity index is 875. The van der Waals surface area contributed by atoms with Crippen LogP contribution in [0.2, 0.25) is 0 Å². The van der Waals surface area contributed by atoms with E-state index in [9.17, 15) is 9.59 Å². The maximum Gasteiger partial charge on any atom is 0.169 e. The summed E-state index contributed by atoms with van der Waals surface area (Å²) in [5.74, 6) is 0.720. The lowest BCUT2D eigenvalue weighted by atomic mass is 9.82. The molecule has 1 aromatic rings. The zero-order chi connectivity index (χ0) is 16.8. The SMILES string of the molecule is O=C(CBr)C1=CC2=C(C(=O)C1)c1cc3c(cc1OC2)C=C(Br)CC3. The van der Waals surface area contributed by atoms with Crippen molar-refractivity contribution in [2.75, 3.05) is 11.9 Å². The molecule has 0 saturated heterocycles. The molecule has 0 radical (unpaired) electrons. The van der Waals surface area contributed by atoms with Gasteiger partial charge in [-0.15, -0.1) is 0 Å². The molecule has 3 aliphatic rings. The molecule has 5 heteroatoms. The second-order valence-electron chi connectivity index (χ2n) is 6.15. The Hall–Kier alpha value is -1.46. The number of allylic oxidation sites excluding steroid dienone is 3. The quantitative estimate of drug-likeness (QED) is 0.629. The number of aryl methyl sites for hydroxylation is 1. The fraction of sp³-hybridized carbons (Fsp3) is 0.263. The van der Waals surface area contributed by atoms with Gasteiger partial charge in [-0.2, -0.15) is 0 Å². The summed E-state index contributed by atoms with van der Waals surface area (Å²) >= 11 is 6.73. The van der Waals surface area contributed by atoms with Crippen LogP contribution < -0.4 is 4.74 Å². The molecule has 24 heavy (non-hydrogen) atoms. The standard InChI is InChI=1S/C19H14Br2O3/c20-8-17(23)12-3-13-9-24-18-7-11-4-14(21)2-1-10(11)5-15(18)19(13)16(22)6-12/h3-5,7H,1-2,6,8-9H2. The minimum atomic E-state index is -0.0406. The minimum Gasteiger partial charge on any atom is -0.488 e. The molecule has 0 bridgehead atoms. The molecule has 3 nitrogen and oxygen atoms in total. The van der Waals surface area contributed by atoms with Crippen LogP contribution >= 0.6 is 31.9 Å². The highest BCUT2D eigenvalue weighted by Gasteiger charge is 2.31. The first kappa shape index (κ1) is 16.0. The monoisotopic (exact) mass is 448 g/mol. The van der Waals surface area contributed by atoms with Gasteiger partial charge in [0.2, 0.25) is 0 Å². The van der Waals surface area contributed by atoms with Crippen LogP contribution in [0.25, 0.3) is 11.6 Å². The largest absolute Gasteiger partial charge is 0.488 e. The van der Waals surface area contributed by atoms with E-state index in [1.54, 1.807) is 0 Å². The number of Topliss-reactive ketones (excluding diaryl/α,β-unsaturated/α-hetero) is 2. The highest BCUT2D eigenvalue weighted by molar-refractivity contribution is 9.11. The van der Waals surface area contributed by atoms with E-state index in [0.717, 1.165) is 40.9 Å². The number of carbonyl (C=O) groups excluding carboxylic acids is 2. The highest BCUT2D eigenvalue weighted by atomic mass is 79.9. The highest BCUT2D eigenvalue weighted by Crippen LogP contribution is 2.41. The number of halogens is 2. The third kappa shape index (κ3) is 2.64. The number of ketones is 2. The Morgan fingerprint density at radius 3 is 2.83 bits per heavy atom. The number of hydrogen-bond acceptors (Lipinski definition) is 3. The summed E-state index contributed by atoms with van der Waals surface area (Å²) in [5, 5.41) is 0.237. The van der Waals surface area contributed by atoms with Crippen LogP contribution in [0.15, 0.2) is 33.8 Å². The van der Waals surface area contributed by atoms with E-state index in [-0.39, 0.29) is 23.3 Å². The predicted molar refractivity (Wildman–Crippen MR) is 101 cm³/mol. The number of alkyl halides is 1. The van der Waals surface area contributed by atoms with Gasteiger partial charge in [-0.1, -0.05) is 31.9 Å². The third-order valence-electron chi connectivity index (χ3n) is 4.62. The van der Waals surface area contributed by atoms with Gasteiger partial charge in [0.1, 0.15) is 12.4 Å². The summed E-state index contributed by atoms with van der Waals surface area (Å²) in [6, 6.07) is 4.10. The van der Waals surface area contributed by atoms with Crippen molar-refractivity contribution >= 4 is 55.1 Å². The predicted octanol–water partition coefficient (Wildman–Crippen LogP) is 4.38. The molecule has 0 fully saturated rings. The molecule has 0 saturated carbocycles. The Morgan fingerprint density at radius 2 is 2.04 bits per heavy atom. The van der Waals surface area contributed by atoms with Crippen molar-refractivity contribution in [2.24, 2.45) is 0 Å². The van der Waals surface area contributed by atoms with E-state index < -0.39 is 0 Å². The molecule has 1 aliphatic heterocycles. The van der Waals surface area contributed by atoms with Gasteiger partial charge in [0, 0.05) is 28.7 Å². The lowest BCUT2D eigenvalue weighted by Crippen LogP contribution is -2.22. The second-order valence-corrected chi connectivity index (χ2v) is 7.73. The van der Waals surface area contributed by atoms with E-state index in [2.05, 4.69) is 44.0 Å². The molecule has 0 N–H and O–H groups in total. The van der Waals surface area contributed by atoms with Gasteiger partial charge in [0.15, 0.2) is 11.6 Å². The van der Waals surface area contributed by atoms with Crippen molar-refractivity contribution in [3.63, 3.8) is 0 Å². The first-order valence-corrected chi connectivity index (χ1v) is 9.70. The number of fused-ring (bicyclic) bond motifs is 3. The van der Waals surface area contributed by atoms with Crippen LogP contribution in [0.4, 0.5) is 0 Å². The molecule has 4 rings (SSSR count). The topological polar surface area (TPSA) is 43.4 Å². The van der Waals surface area contributed by atoms with E-state index in [1.165, 1.54) is 10.0 Å². The molecule has 0 amide bonds. The van der Waals surface area contributed by atoms with Crippen molar-refractivity contribution in [1.29, 1.82) is 0 Å². The number of rotatable bonds is 2. The maximum absolute atomic E-state index is 12.7. The molecule has 0 atom stereocenters. The van der Waals surface area contributed by atoms with Gasteiger partial charge in [0.05, 0.1) is 5.33 Å². The molecule has 2 aliphatic carbocycles. The average Bonchev–Trinajstić information content (AvgIpc) is 2.58. The van der Waals surface area contributed by atoms with Gasteiger partial charge >= 0.3 is 0 Å². The number of carbonyl (C=O) groups is 2. The molecule has 0 aromatic heterocycles. The van der Waals surface area contributed by atoms with Gasteiger partial charge in [-0.3, -0.25) is 9.59 Å². The fourth-order valence-electron chi connectivity index (χ4n) is 3.43. The van der Waals surface area contributed by atoms with Gasteiger partial charge < -0.3 is 4.74 Å². The van der Waals surface area contributed by atoms with E-state index in [4.69, 9.17) is 4.74 Å². The molecule has 1 heterocycles. The molecule has 1 aromatic carbocycles. The molecule has 122 valence electrons. The zero-order valence-electron chi connectivity index (χ0n) is 12.8. The minimum absolute atomic E-state index is 0.00818. The molecule has 0 spiro atoms. The van der Waals surface area contributed by atoms with Crippen molar-refractivity contribution < 1.29 is 14.3 Å². The zero-order valence-corrected chi connectivity index (χ0v) is 16.0. The summed E-state index contributed by atoms with van der Waals surface area (Å²) in [5.41, 5.74) is 5.34. The molecule has 0 unspecified atom stereocenters. The van der Waals surface area contributed by atoms with Crippen LogP contribution in [0.1, 0.15) is 29.5 Å². The van der Waals surface area contributed by atoms with Crippen molar-refractivity contribution in [1.82, 2.24) is 0 Å². The summed E-state index contributed by atoms with van der Waals surface area (Å²) < 4.78 is 7.06. The Morgan fingerprint density at radius 1 is 1.21 bits per heavy atom. The van der Waals surface area contributed by atoms with Gasteiger partial charge in [-0.05, 0) is 52.7 Å². The fourth-order valence-corrected chi connectivity index (χ4v) is 4.24. The van der Waals surface area contributed by atoms with E-state index in [1.807, 2.05) is 12.1 Å².